The third kappa shape index (κ3) is 2.30. The van der Waals surface area contributed by atoms with Gasteiger partial charge in [0.05, 0.1) is 43.5 Å². The zero-order chi connectivity index (χ0) is 20.1. The van der Waals surface area contributed by atoms with Crippen LogP contribution in [0.2, 0.25) is 0 Å². The highest BCUT2D eigenvalue weighted by molar-refractivity contribution is 6.25. The van der Waals surface area contributed by atoms with E-state index >= 15 is 0 Å². The number of hydrogen-bond donors (Lipinski definition) is 2. The Hall–Kier alpha value is 0.0900. The molecular formula is C23H35ClO5. The quantitative estimate of drug-likeness (QED) is 0.664. The number of rotatable bonds is 2. The number of aliphatic hydroxyl groups excluding tert-OH is 2. The van der Waals surface area contributed by atoms with Crippen LogP contribution in [0.4, 0.5) is 0 Å². The average molecular weight is 427 g/mol. The van der Waals surface area contributed by atoms with Crippen molar-refractivity contribution in [2.45, 2.75) is 81.2 Å². The van der Waals surface area contributed by atoms with Crippen molar-refractivity contribution in [2.75, 3.05) is 26.4 Å². The molecule has 0 aromatic heterocycles. The predicted molar refractivity (Wildman–Crippen MR) is 107 cm³/mol. The molecule has 4 aliphatic carbocycles. The summed E-state index contributed by atoms with van der Waals surface area (Å²) in [5.41, 5.74) is 0.153. The molecule has 2 heterocycles. The van der Waals surface area contributed by atoms with Gasteiger partial charge in [0, 0.05) is 11.3 Å². The highest BCUT2D eigenvalue weighted by atomic mass is 35.5. The molecule has 2 N–H and O–H groups in total. The number of ether oxygens (including phenoxy) is 3. The number of aliphatic hydroxyl groups is 2. The van der Waals surface area contributed by atoms with Gasteiger partial charge in [-0.3, -0.25) is 0 Å². The molecule has 6 heteroatoms. The second-order valence-electron chi connectivity index (χ2n) is 11.2. The van der Waals surface area contributed by atoms with E-state index in [1.54, 1.807) is 0 Å². The van der Waals surface area contributed by atoms with Crippen LogP contribution in [0.15, 0.2) is 0 Å². The van der Waals surface area contributed by atoms with E-state index < -0.39 is 5.79 Å². The molecule has 164 valence electrons. The molecule has 9 atom stereocenters. The van der Waals surface area contributed by atoms with Crippen LogP contribution in [0.5, 0.6) is 0 Å². The Morgan fingerprint density at radius 3 is 2.59 bits per heavy atom. The molecule has 2 aliphatic heterocycles. The van der Waals surface area contributed by atoms with E-state index in [9.17, 15) is 10.2 Å². The molecule has 0 aromatic carbocycles. The Balaban J connectivity index is 1.34. The van der Waals surface area contributed by atoms with E-state index in [4.69, 9.17) is 25.8 Å². The van der Waals surface area contributed by atoms with Crippen LogP contribution in [0.3, 0.4) is 0 Å². The first-order valence-corrected chi connectivity index (χ1v) is 12.1. The third-order valence-electron chi connectivity index (χ3n) is 10.5. The van der Waals surface area contributed by atoms with Gasteiger partial charge in [-0.25, -0.2) is 0 Å². The largest absolute Gasteiger partial charge is 0.393 e. The van der Waals surface area contributed by atoms with Gasteiger partial charge in [-0.05, 0) is 74.5 Å². The van der Waals surface area contributed by atoms with E-state index in [1.807, 2.05) is 0 Å². The van der Waals surface area contributed by atoms with Crippen molar-refractivity contribution in [3.05, 3.63) is 0 Å². The van der Waals surface area contributed by atoms with E-state index in [0.717, 1.165) is 45.1 Å². The Morgan fingerprint density at radius 2 is 1.83 bits per heavy atom. The standard InChI is InChI=1S/C23H35ClO5/c1-20-6-5-17-15(16(20)2-3-18(20)23(12-25)28-8-9-29-23)10-19-22(24)11-14(26)4-7-21(17,22)13-27-19/h14-19,25-26H,2-13H2,1H3/t14-,15?,16?,17?,18-,19+,20-,21-,22-/m0/s1. The Bertz CT molecular complexity index is 682. The Kier molecular flexibility index (Phi) is 4.31. The minimum atomic E-state index is -0.802. The lowest BCUT2D eigenvalue weighted by Crippen LogP contribution is -2.64. The normalized spacial score (nSPS) is 57.9. The molecule has 6 rings (SSSR count). The molecule has 29 heavy (non-hydrogen) atoms. The molecule has 2 saturated heterocycles. The van der Waals surface area contributed by atoms with Crippen LogP contribution < -0.4 is 0 Å². The fraction of sp³-hybridized carbons (Fsp3) is 1.00. The fourth-order valence-corrected chi connectivity index (χ4v) is 9.93. The summed E-state index contributed by atoms with van der Waals surface area (Å²) in [5, 5.41) is 20.6. The number of alkyl halides is 1. The van der Waals surface area contributed by atoms with E-state index in [-0.39, 0.29) is 40.4 Å². The summed E-state index contributed by atoms with van der Waals surface area (Å²) in [6.45, 7) is 4.32. The maximum Gasteiger partial charge on any atom is 0.195 e. The summed E-state index contributed by atoms with van der Waals surface area (Å²) in [5.74, 6) is 1.25. The number of halogens is 1. The molecular weight excluding hydrogens is 392 g/mol. The van der Waals surface area contributed by atoms with E-state index in [0.29, 0.717) is 37.4 Å². The monoisotopic (exact) mass is 426 g/mol. The average Bonchev–Trinajstić information content (AvgIpc) is 3.34. The molecule has 0 aromatic rings. The Labute approximate surface area is 178 Å². The maximum atomic E-state index is 10.4. The molecule has 5 nitrogen and oxygen atoms in total. The minimum Gasteiger partial charge on any atom is -0.393 e. The fourth-order valence-electron chi connectivity index (χ4n) is 9.31. The van der Waals surface area contributed by atoms with Crippen molar-refractivity contribution >= 4 is 11.6 Å². The van der Waals surface area contributed by atoms with Gasteiger partial charge in [-0.1, -0.05) is 6.92 Å². The van der Waals surface area contributed by atoms with Crippen molar-refractivity contribution in [3.63, 3.8) is 0 Å². The molecule has 0 amide bonds. The van der Waals surface area contributed by atoms with Crippen LogP contribution in [0, 0.1) is 34.5 Å². The molecule has 0 radical (unpaired) electrons. The highest BCUT2D eigenvalue weighted by Crippen LogP contribution is 2.73. The third-order valence-corrected chi connectivity index (χ3v) is 11.3. The summed E-state index contributed by atoms with van der Waals surface area (Å²) in [7, 11) is 0. The Morgan fingerprint density at radius 1 is 1.03 bits per heavy atom. The SMILES string of the molecule is C[C@]12CCC3C(C[C@H]4OC[C@@]35CC[C@H](O)C[C@]45Cl)C1CC[C@@H]2C1(CO)OCCO1. The number of hydrogen-bond acceptors (Lipinski definition) is 5. The van der Waals surface area contributed by atoms with E-state index in [2.05, 4.69) is 6.92 Å². The van der Waals surface area contributed by atoms with Crippen LogP contribution in [-0.4, -0.2) is 59.5 Å². The minimum absolute atomic E-state index is 0.0236. The van der Waals surface area contributed by atoms with Gasteiger partial charge >= 0.3 is 0 Å². The van der Waals surface area contributed by atoms with Gasteiger partial charge in [-0.2, -0.15) is 0 Å². The summed E-state index contributed by atoms with van der Waals surface area (Å²) in [4.78, 5) is -0.387. The second kappa shape index (κ2) is 6.32. The first kappa shape index (κ1) is 19.8. The van der Waals surface area contributed by atoms with Crippen LogP contribution in [0.1, 0.15) is 58.3 Å². The molecule has 0 spiro atoms. The summed E-state index contributed by atoms with van der Waals surface area (Å²) in [6.07, 6.45) is 7.87. The van der Waals surface area contributed by atoms with Crippen molar-refractivity contribution in [2.24, 2.45) is 34.5 Å². The zero-order valence-corrected chi connectivity index (χ0v) is 18.2. The van der Waals surface area contributed by atoms with Gasteiger partial charge in [0.2, 0.25) is 0 Å². The van der Waals surface area contributed by atoms with Crippen molar-refractivity contribution in [1.82, 2.24) is 0 Å². The second-order valence-corrected chi connectivity index (χ2v) is 11.8. The van der Waals surface area contributed by atoms with Crippen LogP contribution >= 0.6 is 11.6 Å². The van der Waals surface area contributed by atoms with Gasteiger partial charge in [0.25, 0.3) is 0 Å². The summed E-state index contributed by atoms with van der Waals surface area (Å²) >= 11 is 7.34. The van der Waals surface area contributed by atoms with Gasteiger partial charge in [0.1, 0.15) is 0 Å². The lowest BCUT2D eigenvalue weighted by atomic mass is 9.44. The summed E-state index contributed by atoms with van der Waals surface area (Å²) in [6, 6.07) is 0. The molecule has 3 unspecified atom stereocenters. The van der Waals surface area contributed by atoms with Gasteiger partial charge in [0.15, 0.2) is 5.79 Å². The first-order valence-electron chi connectivity index (χ1n) is 11.8. The molecule has 2 bridgehead atoms. The zero-order valence-electron chi connectivity index (χ0n) is 17.4. The van der Waals surface area contributed by atoms with Crippen molar-refractivity contribution in [3.8, 4) is 0 Å². The van der Waals surface area contributed by atoms with E-state index in [1.165, 1.54) is 6.42 Å². The predicted octanol–water partition coefficient (Wildman–Crippen LogP) is 3.09. The lowest BCUT2D eigenvalue weighted by molar-refractivity contribution is -0.246. The van der Waals surface area contributed by atoms with Crippen LogP contribution in [-0.2, 0) is 14.2 Å². The van der Waals surface area contributed by atoms with Crippen LogP contribution in [0.25, 0.3) is 0 Å². The smallest absolute Gasteiger partial charge is 0.195 e. The van der Waals surface area contributed by atoms with Gasteiger partial charge in [-0.15, -0.1) is 11.6 Å². The molecule has 6 fully saturated rings. The highest BCUT2D eigenvalue weighted by Gasteiger charge is 2.73. The maximum absolute atomic E-state index is 10.4. The lowest BCUT2D eigenvalue weighted by Gasteiger charge is -2.62. The number of fused-ring (bicyclic) bond motifs is 3. The van der Waals surface area contributed by atoms with Crippen molar-refractivity contribution < 1.29 is 24.4 Å². The molecule has 4 saturated carbocycles. The molecule has 6 aliphatic rings. The van der Waals surface area contributed by atoms with Gasteiger partial charge < -0.3 is 24.4 Å². The topological polar surface area (TPSA) is 68.2 Å². The first-order chi connectivity index (χ1) is 13.9. The van der Waals surface area contributed by atoms with Crippen molar-refractivity contribution in [1.29, 1.82) is 0 Å². The summed E-state index contributed by atoms with van der Waals surface area (Å²) < 4.78 is 18.5.